The molecular formula is C16H21NO. The van der Waals surface area contributed by atoms with E-state index in [1.54, 1.807) is 12.3 Å². The molecule has 0 aliphatic heterocycles. The highest BCUT2D eigenvalue weighted by atomic mass is 16.3. The van der Waals surface area contributed by atoms with Gasteiger partial charge in [0, 0.05) is 11.8 Å². The van der Waals surface area contributed by atoms with Crippen molar-refractivity contribution in [2.75, 3.05) is 0 Å². The van der Waals surface area contributed by atoms with Crippen molar-refractivity contribution in [2.45, 2.75) is 34.1 Å². The van der Waals surface area contributed by atoms with Crippen LogP contribution >= 0.6 is 0 Å². The van der Waals surface area contributed by atoms with Gasteiger partial charge in [-0.2, -0.15) is 0 Å². The fraction of sp³-hybridized carbons (Fsp3) is 0.312. The van der Waals surface area contributed by atoms with E-state index in [2.05, 4.69) is 31.5 Å². The maximum Gasteiger partial charge on any atom is 0.153 e. The second kappa shape index (κ2) is 6.80. The minimum atomic E-state index is 0.802. The molecular weight excluding hydrogens is 222 g/mol. The van der Waals surface area contributed by atoms with Gasteiger partial charge in [0.05, 0.1) is 0 Å². The van der Waals surface area contributed by atoms with Gasteiger partial charge in [0.2, 0.25) is 0 Å². The number of furan rings is 1. The fourth-order valence-corrected chi connectivity index (χ4v) is 1.88. The third-order valence-corrected chi connectivity index (χ3v) is 2.56. The van der Waals surface area contributed by atoms with Gasteiger partial charge in [-0.05, 0) is 37.1 Å². The van der Waals surface area contributed by atoms with E-state index >= 15 is 0 Å². The first-order valence-corrected chi connectivity index (χ1v) is 6.45. The summed E-state index contributed by atoms with van der Waals surface area (Å²) >= 11 is 0. The van der Waals surface area contributed by atoms with Crippen LogP contribution in [0.2, 0.25) is 0 Å². The predicted octanol–water partition coefficient (Wildman–Crippen LogP) is 5.31. The minimum absolute atomic E-state index is 0.802. The van der Waals surface area contributed by atoms with Crippen LogP contribution in [0.3, 0.4) is 0 Å². The summed E-state index contributed by atoms with van der Waals surface area (Å²) in [5.41, 5.74) is 3.98. The van der Waals surface area contributed by atoms with Crippen LogP contribution in [0, 0.1) is 0 Å². The third-order valence-electron chi connectivity index (χ3n) is 2.56. The van der Waals surface area contributed by atoms with Crippen molar-refractivity contribution in [3.63, 3.8) is 0 Å². The predicted molar refractivity (Wildman–Crippen MR) is 79.4 cm³/mol. The van der Waals surface area contributed by atoms with Gasteiger partial charge in [-0.15, -0.1) is 0 Å². The molecule has 0 aromatic carbocycles. The van der Waals surface area contributed by atoms with E-state index in [9.17, 15) is 0 Å². The monoisotopic (exact) mass is 243 g/mol. The normalized spacial score (nSPS) is 11.0. The Morgan fingerprint density at radius 3 is 2.78 bits per heavy atom. The quantitative estimate of drug-likeness (QED) is 0.730. The zero-order chi connectivity index (χ0) is 13.5. The number of nitrogens with zero attached hydrogens (tertiary/aromatic N) is 1. The molecule has 0 aliphatic rings. The molecule has 2 heterocycles. The van der Waals surface area contributed by atoms with Crippen LogP contribution in [0.15, 0.2) is 35.4 Å². The Kier molecular flexibility index (Phi) is 5.37. The van der Waals surface area contributed by atoms with Crippen LogP contribution in [0.5, 0.6) is 0 Å². The summed E-state index contributed by atoms with van der Waals surface area (Å²) in [7, 11) is 0. The lowest BCUT2D eigenvalue weighted by Gasteiger charge is -1.98. The number of allylic oxidation sites excluding steroid dienone is 2. The van der Waals surface area contributed by atoms with Gasteiger partial charge in [-0.3, -0.25) is 4.98 Å². The molecule has 0 unspecified atom stereocenters. The minimum Gasteiger partial charge on any atom is -0.454 e. The SMILES string of the molecule is C=Cc1oc2cccnc2c1/C(C)=C\CC.CC. The van der Waals surface area contributed by atoms with Gasteiger partial charge in [0.1, 0.15) is 11.3 Å². The molecule has 0 spiro atoms. The number of hydrogen-bond acceptors (Lipinski definition) is 2. The second-order valence-corrected chi connectivity index (χ2v) is 3.69. The van der Waals surface area contributed by atoms with Crippen LogP contribution in [0.25, 0.3) is 22.7 Å². The van der Waals surface area contributed by atoms with Crippen molar-refractivity contribution >= 4 is 22.7 Å². The van der Waals surface area contributed by atoms with Crippen LogP contribution in [-0.4, -0.2) is 4.98 Å². The highest BCUT2D eigenvalue weighted by Gasteiger charge is 2.13. The zero-order valence-corrected chi connectivity index (χ0v) is 11.7. The summed E-state index contributed by atoms with van der Waals surface area (Å²) in [6, 6.07) is 3.80. The number of hydrogen-bond donors (Lipinski definition) is 0. The Morgan fingerprint density at radius 1 is 1.44 bits per heavy atom. The average Bonchev–Trinajstić information content (AvgIpc) is 2.79. The molecule has 0 fully saturated rings. The molecule has 0 saturated carbocycles. The Balaban J connectivity index is 0.000000771. The lowest BCUT2D eigenvalue weighted by atomic mass is 10.1. The Labute approximate surface area is 109 Å². The summed E-state index contributed by atoms with van der Waals surface area (Å²) in [5, 5.41) is 0. The first-order chi connectivity index (χ1) is 8.77. The topological polar surface area (TPSA) is 26.0 Å². The molecule has 0 radical (unpaired) electrons. The van der Waals surface area contributed by atoms with Crippen LogP contribution in [0.1, 0.15) is 45.4 Å². The molecule has 0 bridgehead atoms. The van der Waals surface area contributed by atoms with E-state index in [0.717, 1.165) is 28.8 Å². The van der Waals surface area contributed by atoms with Crippen molar-refractivity contribution in [3.8, 4) is 0 Å². The summed E-state index contributed by atoms with van der Waals surface area (Å²) in [6.07, 6.45) is 6.70. The summed E-state index contributed by atoms with van der Waals surface area (Å²) in [5.74, 6) is 0.802. The molecule has 0 N–H and O–H groups in total. The van der Waals surface area contributed by atoms with E-state index in [0.29, 0.717) is 0 Å². The van der Waals surface area contributed by atoms with Crippen molar-refractivity contribution in [1.29, 1.82) is 0 Å². The van der Waals surface area contributed by atoms with Crippen molar-refractivity contribution in [3.05, 3.63) is 42.3 Å². The largest absolute Gasteiger partial charge is 0.454 e. The molecule has 2 nitrogen and oxygen atoms in total. The van der Waals surface area contributed by atoms with E-state index < -0.39 is 0 Å². The second-order valence-electron chi connectivity index (χ2n) is 3.69. The molecule has 2 heteroatoms. The molecule has 0 atom stereocenters. The number of fused-ring (bicyclic) bond motifs is 1. The zero-order valence-electron chi connectivity index (χ0n) is 11.7. The standard InChI is InChI=1S/C14H15NO.C2H6/c1-4-7-10(3)13-11(5-2)16-12-8-6-9-15-14(12)13;1-2/h5-9H,2,4H2,1,3H3;1-2H3/b10-7-;. The smallest absolute Gasteiger partial charge is 0.153 e. The van der Waals surface area contributed by atoms with E-state index in [1.807, 2.05) is 26.0 Å². The van der Waals surface area contributed by atoms with Gasteiger partial charge in [-0.25, -0.2) is 0 Å². The van der Waals surface area contributed by atoms with Crippen molar-refractivity contribution < 1.29 is 4.42 Å². The maximum absolute atomic E-state index is 5.69. The van der Waals surface area contributed by atoms with Gasteiger partial charge in [0.15, 0.2) is 5.58 Å². The van der Waals surface area contributed by atoms with E-state index in [1.165, 1.54) is 5.57 Å². The summed E-state index contributed by atoms with van der Waals surface area (Å²) in [4.78, 5) is 4.37. The lowest BCUT2D eigenvalue weighted by Crippen LogP contribution is -1.83. The van der Waals surface area contributed by atoms with Crippen molar-refractivity contribution in [2.24, 2.45) is 0 Å². The lowest BCUT2D eigenvalue weighted by molar-refractivity contribution is 0.603. The number of pyridine rings is 1. The van der Waals surface area contributed by atoms with Gasteiger partial charge in [-0.1, -0.05) is 33.4 Å². The fourth-order valence-electron chi connectivity index (χ4n) is 1.88. The third kappa shape index (κ3) is 2.70. The Hall–Kier alpha value is -1.83. The summed E-state index contributed by atoms with van der Waals surface area (Å²) in [6.45, 7) is 12.0. The van der Waals surface area contributed by atoms with Crippen molar-refractivity contribution in [1.82, 2.24) is 4.98 Å². The highest BCUT2D eigenvalue weighted by Crippen LogP contribution is 2.30. The number of rotatable bonds is 3. The highest BCUT2D eigenvalue weighted by molar-refractivity contribution is 5.91. The van der Waals surface area contributed by atoms with Crippen LogP contribution in [0.4, 0.5) is 0 Å². The Bertz CT molecular complexity index is 549. The number of aromatic nitrogens is 1. The molecule has 96 valence electrons. The van der Waals surface area contributed by atoms with Gasteiger partial charge < -0.3 is 4.42 Å². The molecule has 0 amide bonds. The summed E-state index contributed by atoms with van der Waals surface area (Å²) < 4.78 is 5.69. The first-order valence-electron chi connectivity index (χ1n) is 6.45. The van der Waals surface area contributed by atoms with Crippen LogP contribution < -0.4 is 0 Å². The molecule has 2 aromatic rings. The van der Waals surface area contributed by atoms with E-state index in [4.69, 9.17) is 4.42 Å². The molecule has 0 saturated heterocycles. The molecule has 18 heavy (non-hydrogen) atoms. The van der Waals surface area contributed by atoms with Gasteiger partial charge >= 0.3 is 0 Å². The molecule has 0 aliphatic carbocycles. The maximum atomic E-state index is 5.69. The first kappa shape index (κ1) is 14.2. The molecule has 2 aromatic heterocycles. The van der Waals surface area contributed by atoms with E-state index in [-0.39, 0.29) is 0 Å². The van der Waals surface area contributed by atoms with Gasteiger partial charge in [0.25, 0.3) is 0 Å². The van der Waals surface area contributed by atoms with Crippen LogP contribution in [-0.2, 0) is 0 Å². The Morgan fingerprint density at radius 2 is 2.17 bits per heavy atom. The average molecular weight is 243 g/mol. The molecule has 2 rings (SSSR count).